The van der Waals surface area contributed by atoms with Gasteiger partial charge in [-0.1, -0.05) is 0 Å². The van der Waals surface area contributed by atoms with Crippen LogP contribution in [0.15, 0.2) is 41.3 Å². The number of anilines is 1. The predicted octanol–water partition coefficient (Wildman–Crippen LogP) is 2.25. The van der Waals surface area contributed by atoms with Gasteiger partial charge in [0.15, 0.2) is 11.6 Å². The first kappa shape index (κ1) is 20.2. The first-order valence-corrected chi connectivity index (χ1v) is 9.79. The number of nitrogens with one attached hydrogen (secondary N) is 1. The van der Waals surface area contributed by atoms with Gasteiger partial charge >= 0.3 is 0 Å². The van der Waals surface area contributed by atoms with Crippen molar-refractivity contribution in [2.45, 2.75) is 4.90 Å². The molecule has 0 atom stereocenters. The number of sulfonamides is 1. The standard InChI is InChI=1S/C18H18F2N2O5S/c1-26-16-5-3-13(11-15(16)20)21-18(23)12-2-4-14(19)17(10-12)28(24,25)22-6-8-27-9-7-22/h2-5,10-11H,6-9H2,1H3,(H,21,23). The number of morpholine rings is 1. The van der Waals surface area contributed by atoms with Crippen LogP contribution < -0.4 is 10.1 Å². The van der Waals surface area contributed by atoms with Crippen LogP contribution in [0.5, 0.6) is 5.75 Å². The molecule has 1 aliphatic rings. The van der Waals surface area contributed by atoms with Crippen molar-refractivity contribution in [3.63, 3.8) is 0 Å². The van der Waals surface area contributed by atoms with E-state index in [0.29, 0.717) is 0 Å². The lowest BCUT2D eigenvalue weighted by Gasteiger charge is -2.26. The molecule has 7 nitrogen and oxygen atoms in total. The Morgan fingerprint density at radius 1 is 1.11 bits per heavy atom. The van der Waals surface area contributed by atoms with Crippen molar-refractivity contribution in [3.8, 4) is 5.75 Å². The van der Waals surface area contributed by atoms with E-state index in [4.69, 9.17) is 9.47 Å². The smallest absolute Gasteiger partial charge is 0.255 e. The Bertz CT molecular complexity index is 991. The summed E-state index contributed by atoms with van der Waals surface area (Å²) in [5.74, 6) is -2.32. The number of rotatable bonds is 5. The predicted molar refractivity (Wildman–Crippen MR) is 96.9 cm³/mol. The summed E-state index contributed by atoms with van der Waals surface area (Å²) in [5.41, 5.74) is 0.0645. The summed E-state index contributed by atoms with van der Waals surface area (Å²) < 4.78 is 64.4. The quantitative estimate of drug-likeness (QED) is 0.814. The highest BCUT2D eigenvalue weighted by Gasteiger charge is 2.29. The van der Waals surface area contributed by atoms with Gasteiger partial charge in [0.25, 0.3) is 5.91 Å². The number of nitrogens with zero attached hydrogens (tertiary/aromatic N) is 1. The minimum Gasteiger partial charge on any atom is -0.494 e. The van der Waals surface area contributed by atoms with Gasteiger partial charge in [-0.05, 0) is 30.3 Å². The SMILES string of the molecule is COc1ccc(NC(=O)c2ccc(F)c(S(=O)(=O)N3CCOCC3)c2)cc1F. The number of ether oxygens (including phenoxy) is 2. The first-order valence-electron chi connectivity index (χ1n) is 8.35. The summed E-state index contributed by atoms with van der Waals surface area (Å²) >= 11 is 0. The van der Waals surface area contributed by atoms with Crippen LogP contribution in [0.2, 0.25) is 0 Å². The van der Waals surface area contributed by atoms with Gasteiger partial charge < -0.3 is 14.8 Å². The molecule has 0 unspecified atom stereocenters. The fourth-order valence-electron chi connectivity index (χ4n) is 2.72. The third kappa shape index (κ3) is 4.13. The second-order valence-corrected chi connectivity index (χ2v) is 7.87. The van der Waals surface area contributed by atoms with Crippen LogP contribution in [0.4, 0.5) is 14.5 Å². The van der Waals surface area contributed by atoms with E-state index in [1.54, 1.807) is 0 Å². The van der Waals surface area contributed by atoms with Gasteiger partial charge in [-0.15, -0.1) is 0 Å². The number of hydrogen-bond donors (Lipinski definition) is 1. The normalized spacial score (nSPS) is 15.2. The molecule has 0 aliphatic carbocycles. The lowest BCUT2D eigenvalue weighted by molar-refractivity contribution is 0.0729. The van der Waals surface area contributed by atoms with Crippen molar-refractivity contribution in [2.75, 3.05) is 38.7 Å². The highest BCUT2D eigenvalue weighted by atomic mass is 32.2. The Labute approximate surface area is 160 Å². The molecule has 150 valence electrons. The maximum Gasteiger partial charge on any atom is 0.255 e. The third-order valence-electron chi connectivity index (χ3n) is 4.19. The van der Waals surface area contributed by atoms with Crippen LogP contribution in [-0.4, -0.2) is 52.0 Å². The molecule has 1 heterocycles. The molecule has 1 N–H and O–H groups in total. The van der Waals surface area contributed by atoms with Crippen LogP contribution in [0.3, 0.4) is 0 Å². The minimum absolute atomic E-state index is 0.0127. The maximum atomic E-state index is 14.2. The average Bonchev–Trinajstić information content (AvgIpc) is 2.69. The maximum absolute atomic E-state index is 14.2. The zero-order valence-corrected chi connectivity index (χ0v) is 15.8. The van der Waals surface area contributed by atoms with E-state index in [-0.39, 0.29) is 43.3 Å². The zero-order valence-electron chi connectivity index (χ0n) is 14.9. The Morgan fingerprint density at radius 3 is 2.46 bits per heavy atom. The minimum atomic E-state index is -4.12. The number of hydrogen-bond acceptors (Lipinski definition) is 5. The van der Waals surface area contributed by atoms with Crippen LogP contribution in [0.25, 0.3) is 0 Å². The van der Waals surface area contributed by atoms with Crippen molar-refractivity contribution in [1.82, 2.24) is 4.31 Å². The van der Waals surface area contributed by atoms with E-state index in [1.165, 1.54) is 19.2 Å². The Kier molecular flexibility index (Phi) is 5.92. The molecule has 28 heavy (non-hydrogen) atoms. The molecule has 0 aromatic heterocycles. The molecule has 2 aromatic carbocycles. The molecule has 3 rings (SSSR count). The summed E-state index contributed by atoms with van der Waals surface area (Å²) in [4.78, 5) is 11.8. The van der Waals surface area contributed by atoms with Gasteiger partial charge in [-0.2, -0.15) is 4.31 Å². The van der Waals surface area contributed by atoms with Crippen molar-refractivity contribution in [3.05, 3.63) is 53.6 Å². The first-order chi connectivity index (χ1) is 13.3. The molecular formula is C18H18F2N2O5S. The van der Waals surface area contributed by atoms with Crippen LogP contribution in [0.1, 0.15) is 10.4 Å². The molecule has 0 spiro atoms. The van der Waals surface area contributed by atoms with Gasteiger partial charge in [0.2, 0.25) is 10.0 Å². The van der Waals surface area contributed by atoms with Crippen LogP contribution >= 0.6 is 0 Å². The molecule has 1 aliphatic heterocycles. The third-order valence-corrected chi connectivity index (χ3v) is 6.10. The number of methoxy groups -OCH3 is 1. The van der Waals surface area contributed by atoms with Gasteiger partial charge in [0.05, 0.1) is 20.3 Å². The molecule has 10 heteroatoms. The number of halogens is 2. The van der Waals surface area contributed by atoms with Crippen molar-refractivity contribution in [2.24, 2.45) is 0 Å². The van der Waals surface area contributed by atoms with Crippen molar-refractivity contribution >= 4 is 21.6 Å². The number of amides is 1. The molecule has 1 saturated heterocycles. The van der Waals surface area contributed by atoms with Gasteiger partial charge in [0.1, 0.15) is 10.7 Å². The second kappa shape index (κ2) is 8.21. The molecule has 0 radical (unpaired) electrons. The molecule has 1 fully saturated rings. The van der Waals surface area contributed by atoms with Crippen LogP contribution in [0, 0.1) is 11.6 Å². The van der Waals surface area contributed by atoms with E-state index >= 15 is 0 Å². The second-order valence-electron chi connectivity index (χ2n) is 5.97. The summed E-state index contributed by atoms with van der Waals surface area (Å²) in [6.45, 7) is 0.626. The zero-order chi connectivity index (χ0) is 20.3. The van der Waals surface area contributed by atoms with Crippen LogP contribution in [-0.2, 0) is 14.8 Å². The highest BCUT2D eigenvalue weighted by molar-refractivity contribution is 7.89. The summed E-state index contributed by atoms with van der Waals surface area (Å²) in [6.07, 6.45) is 0. The molecule has 1 amide bonds. The lowest BCUT2D eigenvalue weighted by Crippen LogP contribution is -2.41. The van der Waals surface area contributed by atoms with Crippen molar-refractivity contribution < 1.29 is 31.5 Å². The largest absolute Gasteiger partial charge is 0.494 e. The van der Waals surface area contributed by atoms with Crippen molar-refractivity contribution in [1.29, 1.82) is 0 Å². The fourth-order valence-corrected chi connectivity index (χ4v) is 4.21. The van der Waals surface area contributed by atoms with Gasteiger partial charge in [0, 0.05) is 30.4 Å². The Morgan fingerprint density at radius 2 is 1.82 bits per heavy atom. The summed E-state index contributed by atoms with van der Waals surface area (Å²) in [5, 5.41) is 2.44. The molecule has 2 aromatic rings. The highest BCUT2D eigenvalue weighted by Crippen LogP contribution is 2.24. The van der Waals surface area contributed by atoms with E-state index in [0.717, 1.165) is 28.6 Å². The van der Waals surface area contributed by atoms with E-state index in [2.05, 4.69) is 5.32 Å². The Hall–Kier alpha value is -2.56. The lowest BCUT2D eigenvalue weighted by atomic mass is 10.2. The van der Waals surface area contributed by atoms with E-state index in [9.17, 15) is 22.0 Å². The number of carbonyl (C=O) groups is 1. The number of benzene rings is 2. The summed E-state index contributed by atoms with van der Waals surface area (Å²) in [7, 11) is -2.80. The average molecular weight is 412 g/mol. The number of carbonyl (C=O) groups excluding carboxylic acids is 1. The van der Waals surface area contributed by atoms with Gasteiger partial charge in [-0.3, -0.25) is 4.79 Å². The fraction of sp³-hybridized carbons (Fsp3) is 0.278. The summed E-state index contributed by atoms with van der Waals surface area (Å²) in [6, 6.07) is 6.86. The topological polar surface area (TPSA) is 84.9 Å². The molecule has 0 saturated carbocycles. The Balaban J connectivity index is 1.86. The molecular weight excluding hydrogens is 394 g/mol. The van der Waals surface area contributed by atoms with E-state index in [1.807, 2.05) is 0 Å². The van der Waals surface area contributed by atoms with E-state index < -0.39 is 32.5 Å². The van der Waals surface area contributed by atoms with Gasteiger partial charge in [-0.25, -0.2) is 17.2 Å². The molecule has 0 bridgehead atoms. The monoisotopic (exact) mass is 412 g/mol.